The van der Waals surface area contributed by atoms with Crippen molar-refractivity contribution in [3.05, 3.63) is 29.8 Å². The number of benzene rings is 1. The number of piperidine rings is 1. The fourth-order valence-corrected chi connectivity index (χ4v) is 2.78. The van der Waals surface area contributed by atoms with Crippen molar-refractivity contribution in [3.63, 3.8) is 0 Å². The first-order valence-electron chi connectivity index (χ1n) is 8.07. The minimum atomic E-state index is 0.0273. The second kappa shape index (κ2) is 6.48. The van der Waals surface area contributed by atoms with E-state index in [4.69, 9.17) is 0 Å². The van der Waals surface area contributed by atoms with Crippen molar-refractivity contribution < 1.29 is 4.79 Å². The third-order valence-electron chi connectivity index (χ3n) is 4.48. The maximum Gasteiger partial charge on any atom is 0.321 e. The maximum absolute atomic E-state index is 12.2. The van der Waals surface area contributed by atoms with Gasteiger partial charge in [-0.2, -0.15) is 0 Å². The zero-order valence-corrected chi connectivity index (χ0v) is 12.8. The molecule has 2 amide bonds. The SMILES string of the molecule is Cc1ccc(NC(=O)N2CCC(NCC3CC3)CC2)cc1. The van der Waals surface area contributed by atoms with Crippen molar-refractivity contribution in [2.45, 2.75) is 38.6 Å². The van der Waals surface area contributed by atoms with Crippen molar-refractivity contribution in [1.29, 1.82) is 0 Å². The topological polar surface area (TPSA) is 44.4 Å². The molecule has 2 N–H and O–H groups in total. The molecule has 0 unspecified atom stereocenters. The molecule has 3 rings (SSSR count). The van der Waals surface area contributed by atoms with Crippen LogP contribution < -0.4 is 10.6 Å². The molecular formula is C17H25N3O. The van der Waals surface area contributed by atoms with E-state index in [2.05, 4.69) is 10.6 Å². The Bertz CT molecular complexity index is 473. The van der Waals surface area contributed by atoms with E-state index in [-0.39, 0.29) is 6.03 Å². The molecular weight excluding hydrogens is 262 g/mol. The van der Waals surface area contributed by atoms with Crippen molar-refractivity contribution in [2.24, 2.45) is 5.92 Å². The van der Waals surface area contributed by atoms with Crippen LogP contribution in [0.2, 0.25) is 0 Å². The number of nitrogens with zero attached hydrogens (tertiary/aromatic N) is 1. The first-order valence-corrected chi connectivity index (χ1v) is 8.07. The van der Waals surface area contributed by atoms with Crippen LogP contribution in [0.15, 0.2) is 24.3 Å². The normalized spacial score (nSPS) is 19.6. The van der Waals surface area contributed by atoms with E-state index in [1.54, 1.807) is 0 Å². The van der Waals surface area contributed by atoms with E-state index < -0.39 is 0 Å². The summed E-state index contributed by atoms with van der Waals surface area (Å²) < 4.78 is 0. The zero-order valence-electron chi connectivity index (χ0n) is 12.8. The summed E-state index contributed by atoms with van der Waals surface area (Å²) in [5, 5.41) is 6.62. The van der Waals surface area contributed by atoms with Crippen molar-refractivity contribution >= 4 is 11.7 Å². The van der Waals surface area contributed by atoms with Gasteiger partial charge in [-0.05, 0) is 57.2 Å². The fourth-order valence-electron chi connectivity index (χ4n) is 2.78. The minimum absolute atomic E-state index is 0.0273. The molecule has 1 aromatic carbocycles. The highest BCUT2D eigenvalue weighted by atomic mass is 16.2. The van der Waals surface area contributed by atoms with Gasteiger partial charge in [0.25, 0.3) is 0 Å². The lowest BCUT2D eigenvalue weighted by molar-refractivity contribution is 0.189. The summed E-state index contributed by atoms with van der Waals surface area (Å²) in [6.45, 7) is 4.91. The summed E-state index contributed by atoms with van der Waals surface area (Å²) >= 11 is 0. The molecule has 1 saturated heterocycles. The predicted octanol–water partition coefficient (Wildman–Crippen LogP) is 2.99. The Balaban J connectivity index is 1.42. The number of carbonyl (C=O) groups is 1. The second-order valence-corrected chi connectivity index (χ2v) is 6.41. The van der Waals surface area contributed by atoms with E-state index in [9.17, 15) is 4.79 Å². The van der Waals surface area contributed by atoms with Crippen LogP contribution in [0.25, 0.3) is 0 Å². The maximum atomic E-state index is 12.2. The Morgan fingerprint density at radius 3 is 2.43 bits per heavy atom. The van der Waals surface area contributed by atoms with Gasteiger partial charge in [-0.25, -0.2) is 4.79 Å². The Morgan fingerprint density at radius 2 is 1.81 bits per heavy atom. The van der Waals surface area contributed by atoms with Crippen molar-refractivity contribution in [3.8, 4) is 0 Å². The van der Waals surface area contributed by atoms with Crippen LogP contribution in [0, 0.1) is 12.8 Å². The Kier molecular flexibility index (Phi) is 4.44. The van der Waals surface area contributed by atoms with E-state index in [0.29, 0.717) is 6.04 Å². The van der Waals surface area contributed by atoms with Gasteiger partial charge in [-0.15, -0.1) is 0 Å². The Morgan fingerprint density at radius 1 is 1.14 bits per heavy atom. The first kappa shape index (κ1) is 14.4. The molecule has 0 aromatic heterocycles. The molecule has 1 heterocycles. The van der Waals surface area contributed by atoms with Gasteiger partial charge in [0.15, 0.2) is 0 Å². The summed E-state index contributed by atoms with van der Waals surface area (Å²) in [5.41, 5.74) is 2.08. The van der Waals surface area contributed by atoms with Gasteiger partial charge in [-0.3, -0.25) is 0 Å². The smallest absolute Gasteiger partial charge is 0.321 e. The molecule has 2 fully saturated rings. The summed E-state index contributed by atoms with van der Waals surface area (Å²) in [7, 11) is 0. The number of hydrogen-bond donors (Lipinski definition) is 2. The third-order valence-corrected chi connectivity index (χ3v) is 4.48. The first-order chi connectivity index (χ1) is 10.2. The Hall–Kier alpha value is -1.55. The van der Waals surface area contributed by atoms with E-state index in [0.717, 1.165) is 37.5 Å². The van der Waals surface area contributed by atoms with Crippen LogP contribution in [0.4, 0.5) is 10.5 Å². The molecule has 1 aliphatic carbocycles. The molecule has 21 heavy (non-hydrogen) atoms. The summed E-state index contributed by atoms with van der Waals surface area (Å²) in [6, 6.07) is 8.57. The molecule has 114 valence electrons. The standard InChI is InChI=1S/C17H25N3O/c1-13-2-6-16(7-3-13)19-17(21)20-10-8-15(9-11-20)18-12-14-4-5-14/h2-3,6-7,14-15,18H,4-5,8-12H2,1H3,(H,19,21). The second-order valence-electron chi connectivity index (χ2n) is 6.41. The number of rotatable bonds is 4. The fraction of sp³-hybridized carbons (Fsp3) is 0.588. The van der Waals surface area contributed by atoms with E-state index in [1.165, 1.54) is 24.9 Å². The molecule has 1 aliphatic heterocycles. The van der Waals surface area contributed by atoms with Gasteiger partial charge in [-0.1, -0.05) is 17.7 Å². The highest BCUT2D eigenvalue weighted by Gasteiger charge is 2.25. The van der Waals surface area contributed by atoms with E-state index >= 15 is 0 Å². The van der Waals surface area contributed by atoms with Gasteiger partial charge in [0.1, 0.15) is 0 Å². The molecule has 0 atom stereocenters. The average molecular weight is 287 g/mol. The molecule has 1 aromatic rings. The highest BCUT2D eigenvalue weighted by molar-refractivity contribution is 5.89. The van der Waals surface area contributed by atoms with Gasteiger partial charge >= 0.3 is 6.03 Å². The summed E-state index contributed by atoms with van der Waals surface area (Å²) in [5.74, 6) is 0.924. The minimum Gasteiger partial charge on any atom is -0.324 e. The van der Waals surface area contributed by atoms with Crippen LogP contribution in [-0.4, -0.2) is 36.6 Å². The Labute approximate surface area is 126 Å². The van der Waals surface area contributed by atoms with Crippen LogP contribution in [0.5, 0.6) is 0 Å². The average Bonchev–Trinajstić information content (AvgIpc) is 3.32. The largest absolute Gasteiger partial charge is 0.324 e. The van der Waals surface area contributed by atoms with Crippen molar-refractivity contribution in [2.75, 3.05) is 25.0 Å². The number of hydrogen-bond acceptors (Lipinski definition) is 2. The quantitative estimate of drug-likeness (QED) is 0.894. The molecule has 4 heteroatoms. The number of urea groups is 1. The number of amides is 2. The van der Waals surface area contributed by atoms with Gasteiger partial charge in [0.05, 0.1) is 0 Å². The predicted molar refractivity (Wildman–Crippen MR) is 85.5 cm³/mol. The molecule has 0 bridgehead atoms. The number of aryl methyl sites for hydroxylation is 1. The van der Waals surface area contributed by atoms with Crippen LogP contribution in [-0.2, 0) is 0 Å². The molecule has 4 nitrogen and oxygen atoms in total. The van der Waals surface area contributed by atoms with Crippen LogP contribution >= 0.6 is 0 Å². The number of likely N-dealkylation sites (tertiary alicyclic amines) is 1. The number of anilines is 1. The lowest BCUT2D eigenvalue weighted by Crippen LogP contribution is -2.46. The van der Waals surface area contributed by atoms with Crippen LogP contribution in [0.3, 0.4) is 0 Å². The number of carbonyl (C=O) groups excluding carboxylic acids is 1. The molecule has 1 saturated carbocycles. The lowest BCUT2D eigenvalue weighted by Gasteiger charge is -2.32. The molecule has 2 aliphatic rings. The number of nitrogens with one attached hydrogen (secondary N) is 2. The van der Waals surface area contributed by atoms with Crippen LogP contribution in [0.1, 0.15) is 31.2 Å². The van der Waals surface area contributed by atoms with Gasteiger partial charge in [0.2, 0.25) is 0 Å². The molecule has 0 radical (unpaired) electrons. The van der Waals surface area contributed by atoms with Gasteiger partial charge < -0.3 is 15.5 Å². The highest BCUT2D eigenvalue weighted by Crippen LogP contribution is 2.28. The molecule has 0 spiro atoms. The summed E-state index contributed by atoms with van der Waals surface area (Å²) in [6.07, 6.45) is 4.91. The monoisotopic (exact) mass is 287 g/mol. The van der Waals surface area contributed by atoms with Gasteiger partial charge in [0, 0.05) is 24.8 Å². The lowest BCUT2D eigenvalue weighted by atomic mass is 10.1. The third kappa shape index (κ3) is 4.21. The summed E-state index contributed by atoms with van der Waals surface area (Å²) in [4.78, 5) is 14.2. The van der Waals surface area contributed by atoms with E-state index in [1.807, 2.05) is 36.1 Å². The van der Waals surface area contributed by atoms with Crippen molar-refractivity contribution in [1.82, 2.24) is 10.2 Å². The zero-order chi connectivity index (χ0) is 14.7.